The summed E-state index contributed by atoms with van der Waals surface area (Å²) >= 11 is 0. The lowest BCUT2D eigenvalue weighted by Gasteiger charge is -2.35. The molecule has 1 aromatic rings. The number of hydrogen-bond acceptors (Lipinski definition) is 1. The zero-order chi connectivity index (χ0) is 13.7. The van der Waals surface area contributed by atoms with Crippen molar-refractivity contribution < 1.29 is 9.36 Å². The Kier molecular flexibility index (Phi) is 4.94. The quantitative estimate of drug-likeness (QED) is 0.764. The number of amides is 1. The summed E-state index contributed by atoms with van der Waals surface area (Å²) in [5.74, 6) is 0.319. The van der Waals surface area contributed by atoms with Gasteiger partial charge in [-0.2, -0.15) is 0 Å². The highest BCUT2D eigenvalue weighted by atomic mass is 16.2. The van der Waals surface area contributed by atoms with E-state index in [2.05, 4.69) is 47.8 Å². The second kappa shape index (κ2) is 6.69. The molecule has 1 atom stereocenters. The lowest BCUT2D eigenvalue weighted by atomic mass is 9.99. The highest BCUT2D eigenvalue weighted by Crippen LogP contribution is 2.20. The van der Waals surface area contributed by atoms with Crippen LogP contribution in [0.3, 0.4) is 0 Å². The van der Waals surface area contributed by atoms with Crippen molar-refractivity contribution >= 4 is 5.91 Å². The summed E-state index contributed by atoms with van der Waals surface area (Å²) < 4.78 is 2.09. The molecule has 0 saturated carbocycles. The van der Waals surface area contributed by atoms with E-state index in [1.54, 1.807) is 0 Å². The first kappa shape index (κ1) is 14.0. The van der Waals surface area contributed by atoms with Crippen molar-refractivity contribution in [2.45, 2.75) is 58.5 Å². The van der Waals surface area contributed by atoms with E-state index in [0.717, 1.165) is 19.5 Å². The fourth-order valence-electron chi connectivity index (χ4n) is 2.80. The Labute approximate surface area is 116 Å². The third kappa shape index (κ3) is 3.79. The van der Waals surface area contributed by atoms with E-state index in [-0.39, 0.29) is 0 Å². The Balaban J connectivity index is 1.87. The molecule has 3 heteroatoms. The van der Waals surface area contributed by atoms with Crippen LogP contribution >= 0.6 is 0 Å². The second-order valence-corrected chi connectivity index (χ2v) is 5.51. The first-order valence-corrected chi connectivity index (χ1v) is 7.46. The number of aryl methyl sites for hydroxylation is 2. The Morgan fingerprint density at radius 1 is 1.37 bits per heavy atom. The summed E-state index contributed by atoms with van der Waals surface area (Å²) in [5, 5.41) is 0. The second-order valence-electron chi connectivity index (χ2n) is 5.51. The highest BCUT2D eigenvalue weighted by Gasteiger charge is 2.25. The Morgan fingerprint density at radius 3 is 2.79 bits per heavy atom. The Morgan fingerprint density at radius 2 is 2.11 bits per heavy atom. The zero-order valence-electron chi connectivity index (χ0n) is 12.1. The van der Waals surface area contributed by atoms with E-state index in [9.17, 15) is 4.79 Å². The molecule has 2 rings (SSSR count). The largest absolute Gasteiger partial charge is 0.340 e. The van der Waals surface area contributed by atoms with Gasteiger partial charge in [-0.05, 0) is 38.2 Å². The number of likely N-dealkylation sites (tertiary alicyclic amines) is 1. The molecule has 1 unspecified atom stereocenters. The maximum absolute atomic E-state index is 12.3. The molecule has 1 amide bonds. The van der Waals surface area contributed by atoms with Crippen molar-refractivity contribution in [2.75, 3.05) is 6.54 Å². The van der Waals surface area contributed by atoms with Gasteiger partial charge in [0.2, 0.25) is 5.91 Å². The van der Waals surface area contributed by atoms with Crippen LogP contribution in [-0.2, 0) is 11.3 Å². The van der Waals surface area contributed by atoms with E-state index in [0.29, 0.717) is 18.4 Å². The lowest BCUT2D eigenvalue weighted by Crippen LogP contribution is -2.45. The van der Waals surface area contributed by atoms with Crippen LogP contribution in [0.5, 0.6) is 0 Å². The summed E-state index contributed by atoms with van der Waals surface area (Å²) in [4.78, 5) is 14.4. The first-order chi connectivity index (χ1) is 9.20. The number of pyridine rings is 1. The summed E-state index contributed by atoms with van der Waals surface area (Å²) in [5.41, 5.74) is 1.25. The topological polar surface area (TPSA) is 24.2 Å². The van der Waals surface area contributed by atoms with Crippen LogP contribution in [0, 0.1) is 6.92 Å². The van der Waals surface area contributed by atoms with E-state index < -0.39 is 0 Å². The number of nitrogens with zero attached hydrogens (tertiary/aromatic N) is 2. The Hall–Kier alpha value is -1.38. The SMILES string of the molecule is CCC1CCCCN1C(=O)CC[n+]1ccc(C)cc1. The van der Waals surface area contributed by atoms with Gasteiger partial charge >= 0.3 is 0 Å². The molecule has 0 aliphatic carbocycles. The van der Waals surface area contributed by atoms with E-state index in [1.807, 2.05) is 0 Å². The van der Waals surface area contributed by atoms with Crippen LogP contribution in [0.1, 0.15) is 44.6 Å². The van der Waals surface area contributed by atoms with Crippen LogP contribution in [0.2, 0.25) is 0 Å². The van der Waals surface area contributed by atoms with Crippen LogP contribution in [-0.4, -0.2) is 23.4 Å². The van der Waals surface area contributed by atoms with Crippen molar-refractivity contribution in [3.05, 3.63) is 30.1 Å². The molecule has 104 valence electrons. The van der Waals surface area contributed by atoms with Gasteiger partial charge in [-0.15, -0.1) is 0 Å². The summed E-state index contributed by atoms with van der Waals surface area (Å²) in [6, 6.07) is 4.64. The molecule has 1 aliphatic heterocycles. The minimum atomic E-state index is 0.319. The Bertz CT molecular complexity index is 413. The van der Waals surface area contributed by atoms with Gasteiger partial charge < -0.3 is 4.90 Å². The standard InChI is InChI=1S/C16H25N2O/c1-3-15-6-4-5-10-18(15)16(19)9-13-17-11-7-14(2)8-12-17/h7-8,11-12,15H,3-6,9-10,13H2,1-2H3/q+1. The zero-order valence-corrected chi connectivity index (χ0v) is 12.1. The summed E-state index contributed by atoms with van der Waals surface area (Å²) in [6.45, 7) is 6.00. The van der Waals surface area contributed by atoms with Gasteiger partial charge in [-0.1, -0.05) is 6.92 Å². The summed E-state index contributed by atoms with van der Waals surface area (Å²) in [6.07, 6.45) is 9.43. The van der Waals surface area contributed by atoms with Gasteiger partial charge in [-0.3, -0.25) is 4.79 Å². The predicted molar refractivity (Wildman–Crippen MR) is 75.6 cm³/mol. The maximum Gasteiger partial charge on any atom is 0.229 e. The van der Waals surface area contributed by atoms with Crippen molar-refractivity contribution in [2.24, 2.45) is 0 Å². The average molecular weight is 261 g/mol. The molecule has 1 saturated heterocycles. The fourth-order valence-corrected chi connectivity index (χ4v) is 2.80. The summed E-state index contributed by atoms with van der Waals surface area (Å²) in [7, 11) is 0. The van der Waals surface area contributed by atoms with Gasteiger partial charge in [-0.25, -0.2) is 4.57 Å². The third-order valence-corrected chi connectivity index (χ3v) is 4.06. The number of aromatic nitrogens is 1. The third-order valence-electron chi connectivity index (χ3n) is 4.06. The van der Waals surface area contributed by atoms with Crippen LogP contribution in [0.15, 0.2) is 24.5 Å². The fraction of sp³-hybridized carbons (Fsp3) is 0.625. The molecule has 2 heterocycles. The molecule has 1 aliphatic rings. The molecular formula is C16H25N2O+. The lowest BCUT2D eigenvalue weighted by molar-refractivity contribution is -0.696. The molecule has 0 N–H and O–H groups in total. The highest BCUT2D eigenvalue weighted by molar-refractivity contribution is 5.76. The molecule has 19 heavy (non-hydrogen) atoms. The number of piperidine rings is 1. The van der Waals surface area contributed by atoms with E-state index >= 15 is 0 Å². The van der Waals surface area contributed by atoms with Crippen molar-refractivity contribution in [1.29, 1.82) is 0 Å². The van der Waals surface area contributed by atoms with Gasteiger partial charge in [0, 0.05) is 24.7 Å². The van der Waals surface area contributed by atoms with Crippen molar-refractivity contribution in [3.8, 4) is 0 Å². The molecule has 1 fully saturated rings. The number of carbonyl (C=O) groups is 1. The first-order valence-electron chi connectivity index (χ1n) is 7.46. The molecule has 0 bridgehead atoms. The minimum absolute atomic E-state index is 0.319. The van der Waals surface area contributed by atoms with Gasteiger partial charge in [0.25, 0.3) is 0 Å². The number of rotatable bonds is 4. The molecular weight excluding hydrogens is 236 g/mol. The normalized spacial score (nSPS) is 19.5. The van der Waals surface area contributed by atoms with Gasteiger partial charge in [0.05, 0.1) is 6.42 Å². The average Bonchev–Trinajstić information content (AvgIpc) is 2.46. The van der Waals surface area contributed by atoms with Crippen molar-refractivity contribution in [3.63, 3.8) is 0 Å². The molecule has 0 radical (unpaired) electrons. The van der Waals surface area contributed by atoms with E-state index in [4.69, 9.17) is 0 Å². The monoisotopic (exact) mass is 261 g/mol. The van der Waals surface area contributed by atoms with Crippen LogP contribution in [0.4, 0.5) is 0 Å². The molecule has 1 aromatic heterocycles. The molecule has 0 spiro atoms. The number of hydrogen-bond donors (Lipinski definition) is 0. The predicted octanol–water partition coefficient (Wildman–Crippen LogP) is 2.46. The van der Waals surface area contributed by atoms with Crippen LogP contribution in [0.25, 0.3) is 0 Å². The van der Waals surface area contributed by atoms with E-state index in [1.165, 1.54) is 24.8 Å². The maximum atomic E-state index is 12.3. The number of carbonyl (C=O) groups excluding carboxylic acids is 1. The molecule has 3 nitrogen and oxygen atoms in total. The van der Waals surface area contributed by atoms with Crippen LogP contribution < -0.4 is 4.57 Å². The smallest absolute Gasteiger partial charge is 0.229 e. The van der Waals surface area contributed by atoms with Gasteiger partial charge in [0.15, 0.2) is 18.9 Å². The van der Waals surface area contributed by atoms with Gasteiger partial charge in [0.1, 0.15) is 0 Å². The minimum Gasteiger partial charge on any atom is -0.340 e. The van der Waals surface area contributed by atoms with Crippen molar-refractivity contribution in [1.82, 2.24) is 4.90 Å². The molecule has 0 aromatic carbocycles.